The first-order valence-corrected chi connectivity index (χ1v) is 10.9. The predicted octanol–water partition coefficient (Wildman–Crippen LogP) is -0.715. The lowest BCUT2D eigenvalue weighted by atomic mass is 9.97. The van der Waals surface area contributed by atoms with Crippen molar-refractivity contribution < 1.29 is 29.6 Å². The van der Waals surface area contributed by atoms with Gasteiger partial charge in [-0.25, -0.2) is 0 Å². The molecule has 1 heterocycles. The van der Waals surface area contributed by atoms with Crippen molar-refractivity contribution in [2.24, 2.45) is 0 Å². The summed E-state index contributed by atoms with van der Waals surface area (Å²) in [7, 11) is -1.28. The summed E-state index contributed by atoms with van der Waals surface area (Å²) in [6.45, 7) is 7.95. The van der Waals surface area contributed by atoms with E-state index < -0.39 is 45.3 Å². The highest BCUT2D eigenvalue weighted by atomic mass is 28.3. The maximum Gasteiger partial charge on any atom is 0.217 e. The van der Waals surface area contributed by atoms with E-state index >= 15 is 0 Å². The molecule has 0 aromatic rings. The highest BCUT2D eigenvalue weighted by molar-refractivity contribution is 6.76. The number of nitrogens with one attached hydrogen (secondary N) is 1. The summed E-state index contributed by atoms with van der Waals surface area (Å²) in [5.41, 5.74) is 0. The molecule has 0 aromatic heterocycles. The molecule has 0 radical (unpaired) electrons. The van der Waals surface area contributed by atoms with Crippen LogP contribution in [0.25, 0.3) is 0 Å². The minimum absolute atomic E-state index is 0.351. The molecular formula is C13H27NO6Si. The third-order valence-corrected chi connectivity index (χ3v) is 5.09. The van der Waals surface area contributed by atoms with E-state index in [1.807, 2.05) is 0 Å². The Labute approximate surface area is 126 Å². The molecule has 4 N–H and O–H groups in total. The van der Waals surface area contributed by atoms with Crippen molar-refractivity contribution in [2.75, 3.05) is 13.2 Å². The fourth-order valence-corrected chi connectivity index (χ4v) is 2.82. The molecular weight excluding hydrogens is 294 g/mol. The molecule has 1 aliphatic rings. The molecule has 7 nitrogen and oxygen atoms in total. The number of carbonyl (C=O) groups is 1. The van der Waals surface area contributed by atoms with E-state index in [0.29, 0.717) is 6.61 Å². The van der Waals surface area contributed by atoms with Gasteiger partial charge in [-0.2, -0.15) is 0 Å². The number of ether oxygens (including phenoxy) is 2. The second-order valence-corrected chi connectivity index (χ2v) is 12.2. The van der Waals surface area contributed by atoms with E-state index in [1.165, 1.54) is 6.92 Å². The molecule has 0 aromatic carbocycles. The molecule has 1 rings (SSSR count). The van der Waals surface area contributed by atoms with Crippen molar-refractivity contribution in [3.63, 3.8) is 0 Å². The normalized spacial score (nSPS) is 33.8. The lowest BCUT2D eigenvalue weighted by molar-refractivity contribution is -0.268. The molecule has 0 aliphatic carbocycles. The molecule has 1 aliphatic heterocycles. The van der Waals surface area contributed by atoms with Crippen LogP contribution in [-0.2, 0) is 14.3 Å². The summed E-state index contributed by atoms with van der Waals surface area (Å²) in [4.78, 5) is 11.2. The molecule has 1 saturated heterocycles. The van der Waals surface area contributed by atoms with Crippen LogP contribution >= 0.6 is 0 Å². The largest absolute Gasteiger partial charge is 0.394 e. The van der Waals surface area contributed by atoms with Gasteiger partial charge in [-0.15, -0.1) is 0 Å². The maximum atomic E-state index is 11.2. The van der Waals surface area contributed by atoms with Crippen LogP contribution in [0.3, 0.4) is 0 Å². The summed E-state index contributed by atoms with van der Waals surface area (Å²) < 4.78 is 11.1. The maximum absolute atomic E-state index is 11.2. The zero-order valence-corrected chi connectivity index (χ0v) is 14.1. The van der Waals surface area contributed by atoms with Crippen LogP contribution < -0.4 is 5.32 Å². The first kappa shape index (κ1) is 18.5. The average Bonchev–Trinajstić information content (AvgIpc) is 2.35. The van der Waals surface area contributed by atoms with Crippen molar-refractivity contribution >= 4 is 14.0 Å². The van der Waals surface area contributed by atoms with Crippen molar-refractivity contribution in [3.8, 4) is 0 Å². The predicted molar refractivity (Wildman–Crippen MR) is 79.5 cm³/mol. The van der Waals surface area contributed by atoms with Gasteiger partial charge in [0.2, 0.25) is 5.91 Å². The SMILES string of the molecule is CC(=O)N[C@H]1[C@H](OCC[Si](C)(C)C)O[C@H](CO)[C@@H](O)[C@@H]1O. The lowest BCUT2D eigenvalue weighted by Crippen LogP contribution is -2.64. The quantitative estimate of drug-likeness (QED) is 0.481. The van der Waals surface area contributed by atoms with Gasteiger partial charge in [-0.3, -0.25) is 4.79 Å². The number of rotatable bonds is 6. The Morgan fingerprint density at radius 3 is 2.38 bits per heavy atom. The molecule has 0 saturated carbocycles. The van der Waals surface area contributed by atoms with Crippen molar-refractivity contribution in [1.82, 2.24) is 5.32 Å². The van der Waals surface area contributed by atoms with E-state index in [1.54, 1.807) is 0 Å². The van der Waals surface area contributed by atoms with Crippen LogP contribution in [0.15, 0.2) is 0 Å². The third-order valence-electron chi connectivity index (χ3n) is 3.38. The number of aliphatic hydroxyl groups excluding tert-OH is 3. The minimum Gasteiger partial charge on any atom is -0.394 e. The first-order chi connectivity index (χ1) is 9.65. The lowest BCUT2D eigenvalue weighted by Gasteiger charge is -2.42. The molecule has 21 heavy (non-hydrogen) atoms. The van der Waals surface area contributed by atoms with Gasteiger partial charge in [0.25, 0.3) is 0 Å². The number of hydrogen-bond donors (Lipinski definition) is 4. The van der Waals surface area contributed by atoms with Gasteiger partial charge in [-0.1, -0.05) is 19.6 Å². The second kappa shape index (κ2) is 7.66. The molecule has 0 bridgehead atoms. The van der Waals surface area contributed by atoms with Crippen molar-refractivity contribution in [2.45, 2.75) is 63.3 Å². The zero-order valence-electron chi connectivity index (χ0n) is 13.1. The van der Waals surface area contributed by atoms with Gasteiger partial charge in [-0.05, 0) is 6.04 Å². The fourth-order valence-electron chi connectivity index (χ4n) is 2.09. The molecule has 8 heteroatoms. The smallest absolute Gasteiger partial charge is 0.217 e. The number of aliphatic hydroxyl groups is 3. The number of hydrogen-bond acceptors (Lipinski definition) is 6. The van der Waals surface area contributed by atoms with Crippen LogP contribution in [0.1, 0.15) is 6.92 Å². The monoisotopic (exact) mass is 321 g/mol. The topological polar surface area (TPSA) is 108 Å². The minimum atomic E-state index is -1.28. The summed E-state index contributed by atoms with van der Waals surface area (Å²) in [6, 6.07) is 0.0455. The Morgan fingerprint density at radius 1 is 1.29 bits per heavy atom. The standard InChI is InChI=1S/C13H27NO6Si/c1-8(16)14-10-12(18)11(17)9(7-15)20-13(10)19-5-6-21(2,3)4/h9-13,15,17-18H,5-7H2,1-4H3,(H,14,16)/t9-,10-,11-,12-,13-/m1/s1. The molecule has 0 unspecified atom stereocenters. The highest BCUT2D eigenvalue weighted by Gasteiger charge is 2.45. The Morgan fingerprint density at radius 2 is 1.90 bits per heavy atom. The zero-order chi connectivity index (χ0) is 16.2. The average molecular weight is 321 g/mol. The summed E-state index contributed by atoms with van der Waals surface area (Å²) in [5.74, 6) is -0.351. The first-order valence-electron chi connectivity index (χ1n) is 7.17. The summed E-state index contributed by atoms with van der Waals surface area (Å²) in [6.07, 6.45) is -4.34. The fraction of sp³-hybridized carbons (Fsp3) is 0.923. The summed E-state index contributed by atoms with van der Waals surface area (Å²) >= 11 is 0. The Kier molecular flexibility index (Phi) is 6.76. The number of carbonyl (C=O) groups excluding carboxylic acids is 1. The second-order valence-electron chi connectivity index (χ2n) is 6.61. The van der Waals surface area contributed by atoms with E-state index in [0.717, 1.165) is 6.04 Å². The Balaban J connectivity index is 2.71. The molecule has 0 spiro atoms. The van der Waals surface area contributed by atoms with Crippen LogP contribution in [-0.4, -0.2) is 73.2 Å². The Hall–Kier alpha value is -0.513. The van der Waals surface area contributed by atoms with E-state index in [2.05, 4.69) is 25.0 Å². The van der Waals surface area contributed by atoms with Crippen LogP contribution in [0.2, 0.25) is 25.7 Å². The summed E-state index contributed by atoms with van der Waals surface area (Å²) in [5, 5.41) is 31.7. The van der Waals surface area contributed by atoms with E-state index in [4.69, 9.17) is 9.47 Å². The van der Waals surface area contributed by atoms with E-state index in [9.17, 15) is 20.1 Å². The van der Waals surface area contributed by atoms with Gasteiger partial charge < -0.3 is 30.1 Å². The van der Waals surface area contributed by atoms with Crippen LogP contribution in [0, 0.1) is 0 Å². The van der Waals surface area contributed by atoms with Gasteiger partial charge in [0.15, 0.2) is 6.29 Å². The Bertz CT molecular complexity index is 348. The highest BCUT2D eigenvalue weighted by Crippen LogP contribution is 2.23. The molecule has 1 amide bonds. The van der Waals surface area contributed by atoms with Gasteiger partial charge in [0, 0.05) is 21.6 Å². The third kappa shape index (κ3) is 5.65. The van der Waals surface area contributed by atoms with Gasteiger partial charge in [0.05, 0.1) is 6.61 Å². The van der Waals surface area contributed by atoms with E-state index in [-0.39, 0.29) is 5.91 Å². The molecule has 1 fully saturated rings. The van der Waals surface area contributed by atoms with Gasteiger partial charge in [0.1, 0.15) is 24.4 Å². The van der Waals surface area contributed by atoms with Gasteiger partial charge >= 0.3 is 0 Å². The van der Waals surface area contributed by atoms with Crippen molar-refractivity contribution in [3.05, 3.63) is 0 Å². The van der Waals surface area contributed by atoms with Crippen LogP contribution in [0.5, 0.6) is 0 Å². The van der Waals surface area contributed by atoms with Crippen molar-refractivity contribution in [1.29, 1.82) is 0 Å². The molecule has 124 valence electrons. The molecule has 5 atom stereocenters. The van der Waals surface area contributed by atoms with Crippen LogP contribution in [0.4, 0.5) is 0 Å². The number of amides is 1.